The summed E-state index contributed by atoms with van der Waals surface area (Å²) in [7, 11) is 0. The van der Waals surface area contributed by atoms with Gasteiger partial charge >= 0.3 is 6.09 Å². The molecule has 1 saturated carbocycles. The topological polar surface area (TPSA) is 88.1 Å². The van der Waals surface area contributed by atoms with Crippen LogP contribution in [0.5, 0.6) is 0 Å². The molecule has 2 amide bonds. The number of carbonyl (C=O) groups excluding carboxylic acids is 2. The maximum atomic E-state index is 11.9. The summed E-state index contributed by atoms with van der Waals surface area (Å²) in [5.41, 5.74) is 0. The molecule has 0 aromatic carbocycles. The standard InChI is InChI=1S/C11H18N2O5/c14-4-6-18-11(16)13-3-5-17-7-9(13)10(15)12-8-1-2-8/h8-9,14H,1-7H2,(H,12,15). The van der Waals surface area contributed by atoms with E-state index in [-0.39, 0.29) is 31.8 Å². The third kappa shape index (κ3) is 3.33. The van der Waals surface area contributed by atoms with Crippen LogP contribution in [0.25, 0.3) is 0 Å². The Balaban J connectivity index is 1.91. The molecule has 0 bridgehead atoms. The Kier molecular flexibility index (Phi) is 4.38. The van der Waals surface area contributed by atoms with Gasteiger partial charge in [-0.3, -0.25) is 9.69 Å². The molecule has 2 aliphatic rings. The van der Waals surface area contributed by atoms with E-state index < -0.39 is 12.1 Å². The summed E-state index contributed by atoms with van der Waals surface area (Å²) >= 11 is 0. The van der Waals surface area contributed by atoms with Gasteiger partial charge in [-0.25, -0.2) is 4.79 Å². The summed E-state index contributed by atoms with van der Waals surface area (Å²) < 4.78 is 10.1. The average Bonchev–Trinajstić information content (AvgIpc) is 3.19. The number of amides is 2. The Morgan fingerprint density at radius 2 is 2.22 bits per heavy atom. The first-order valence-electron chi connectivity index (χ1n) is 6.14. The Morgan fingerprint density at radius 3 is 2.89 bits per heavy atom. The molecule has 2 fully saturated rings. The first-order chi connectivity index (χ1) is 8.72. The number of morpholine rings is 1. The van der Waals surface area contributed by atoms with Crippen molar-refractivity contribution in [3.05, 3.63) is 0 Å². The quantitative estimate of drug-likeness (QED) is 0.682. The molecular formula is C11H18N2O5. The van der Waals surface area contributed by atoms with Crippen molar-refractivity contribution in [2.45, 2.75) is 24.9 Å². The van der Waals surface area contributed by atoms with Gasteiger partial charge in [-0.15, -0.1) is 0 Å². The van der Waals surface area contributed by atoms with Crippen molar-refractivity contribution >= 4 is 12.0 Å². The minimum atomic E-state index is -0.634. The normalized spacial score (nSPS) is 23.6. The molecule has 1 saturated heterocycles. The molecule has 1 aliphatic heterocycles. The van der Waals surface area contributed by atoms with Crippen LogP contribution in [0, 0.1) is 0 Å². The van der Waals surface area contributed by atoms with Crippen LogP contribution in [0.15, 0.2) is 0 Å². The Bertz CT molecular complexity index is 319. The van der Waals surface area contributed by atoms with Crippen LogP contribution in [0.3, 0.4) is 0 Å². The number of hydrogen-bond acceptors (Lipinski definition) is 5. The molecular weight excluding hydrogens is 240 g/mol. The molecule has 7 heteroatoms. The number of ether oxygens (including phenoxy) is 2. The van der Waals surface area contributed by atoms with Crippen molar-refractivity contribution in [1.82, 2.24) is 10.2 Å². The van der Waals surface area contributed by atoms with Gasteiger partial charge in [0.2, 0.25) is 5.91 Å². The Labute approximate surface area is 105 Å². The molecule has 0 aromatic rings. The van der Waals surface area contributed by atoms with E-state index in [1.165, 1.54) is 4.90 Å². The molecule has 1 atom stereocenters. The van der Waals surface area contributed by atoms with E-state index >= 15 is 0 Å². The van der Waals surface area contributed by atoms with Gasteiger partial charge < -0.3 is 19.9 Å². The molecule has 18 heavy (non-hydrogen) atoms. The molecule has 7 nitrogen and oxygen atoms in total. The van der Waals surface area contributed by atoms with Gasteiger partial charge in [-0.05, 0) is 12.8 Å². The maximum Gasteiger partial charge on any atom is 0.410 e. The fourth-order valence-corrected chi connectivity index (χ4v) is 1.78. The van der Waals surface area contributed by atoms with Crippen LogP contribution in [0.1, 0.15) is 12.8 Å². The van der Waals surface area contributed by atoms with Gasteiger partial charge in [0.15, 0.2) is 0 Å². The largest absolute Gasteiger partial charge is 0.447 e. The second kappa shape index (κ2) is 6.01. The summed E-state index contributed by atoms with van der Waals surface area (Å²) in [6.07, 6.45) is 1.41. The van der Waals surface area contributed by atoms with Crippen LogP contribution in [0.2, 0.25) is 0 Å². The molecule has 1 unspecified atom stereocenters. The minimum absolute atomic E-state index is 0.0623. The highest BCUT2D eigenvalue weighted by atomic mass is 16.6. The molecule has 0 aromatic heterocycles. The summed E-state index contributed by atoms with van der Waals surface area (Å²) in [6, 6.07) is -0.389. The highest BCUT2D eigenvalue weighted by Gasteiger charge is 2.36. The zero-order valence-electron chi connectivity index (χ0n) is 10.1. The van der Waals surface area contributed by atoms with Crippen molar-refractivity contribution in [1.29, 1.82) is 0 Å². The number of rotatable bonds is 4. The number of carbonyl (C=O) groups is 2. The van der Waals surface area contributed by atoms with Gasteiger partial charge in [0.05, 0.1) is 19.8 Å². The van der Waals surface area contributed by atoms with E-state index in [1.807, 2.05) is 0 Å². The van der Waals surface area contributed by atoms with Crippen molar-refractivity contribution in [2.24, 2.45) is 0 Å². The van der Waals surface area contributed by atoms with Gasteiger partial charge in [-0.1, -0.05) is 0 Å². The van der Waals surface area contributed by atoms with E-state index in [2.05, 4.69) is 5.32 Å². The molecule has 2 rings (SSSR count). The van der Waals surface area contributed by atoms with Crippen molar-refractivity contribution in [3.63, 3.8) is 0 Å². The molecule has 0 radical (unpaired) electrons. The third-order valence-corrected chi connectivity index (χ3v) is 2.91. The lowest BCUT2D eigenvalue weighted by atomic mass is 10.2. The number of nitrogens with zero attached hydrogens (tertiary/aromatic N) is 1. The second-order valence-electron chi connectivity index (χ2n) is 4.40. The summed E-state index contributed by atoms with van der Waals surface area (Å²) in [5, 5.41) is 11.5. The van der Waals surface area contributed by atoms with E-state index in [0.717, 1.165) is 12.8 Å². The van der Waals surface area contributed by atoms with E-state index in [0.29, 0.717) is 13.2 Å². The molecule has 0 spiro atoms. The van der Waals surface area contributed by atoms with Crippen LogP contribution >= 0.6 is 0 Å². The van der Waals surface area contributed by atoms with E-state index in [9.17, 15) is 9.59 Å². The fourth-order valence-electron chi connectivity index (χ4n) is 1.78. The average molecular weight is 258 g/mol. The number of hydrogen-bond donors (Lipinski definition) is 2. The molecule has 2 N–H and O–H groups in total. The van der Waals surface area contributed by atoms with Gasteiger partial charge in [0, 0.05) is 12.6 Å². The summed E-state index contributed by atoms with van der Waals surface area (Å²) in [5.74, 6) is -0.196. The summed E-state index contributed by atoms with van der Waals surface area (Å²) in [6.45, 7) is 0.614. The smallest absolute Gasteiger partial charge is 0.410 e. The van der Waals surface area contributed by atoms with Gasteiger partial charge in [0.25, 0.3) is 0 Å². The van der Waals surface area contributed by atoms with Crippen molar-refractivity contribution in [3.8, 4) is 0 Å². The van der Waals surface area contributed by atoms with E-state index in [4.69, 9.17) is 14.6 Å². The summed E-state index contributed by atoms with van der Waals surface area (Å²) in [4.78, 5) is 25.0. The zero-order valence-corrected chi connectivity index (χ0v) is 10.1. The van der Waals surface area contributed by atoms with Crippen LogP contribution in [0.4, 0.5) is 4.79 Å². The predicted molar refractivity (Wildman–Crippen MR) is 60.9 cm³/mol. The fraction of sp³-hybridized carbons (Fsp3) is 0.818. The number of nitrogens with one attached hydrogen (secondary N) is 1. The predicted octanol–water partition coefficient (Wildman–Crippen LogP) is -0.905. The van der Waals surface area contributed by atoms with Crippen LogP contribution < -0.4 is 5.32 Å². The van der Waals surface area contributed by atoms with Crippen LogP contribution in [-0.2, 0) is 14.3 Å². The molecule has 1 heterocycles. The second-order valence-corrected chi connectivity index (χ2v) is 4.40. The Hall–Kier alpha value is -1.34. The first-order valence-corrected chi connectivity index (χ1v) is 6.14. The highest BCUT2D eigenvalue weighted by Crippen LogP contribution is 2.19. The lowest BCUT2D eigenvalue weighted by Crippen LogP contribution is -2.56. The number of aliphatic hydroxyl groups is 1. The molecule has 1 aliphatic carbocycles. The van der Waals surface area contributed by atoms with Crippen LogP contribution in [-0.4, -0.2) is 67.1 Å². The van der Waals surface area contributed by atoms with Gasteiger partial charge in [0.1, 0.15) is 12.6 Å². The van der Waals surface area contributed by atoms with Gasteiger partial charge in [-0.2, -0.15) is 0 Å². The van der Waals surface area contributed by atoms with E-state index in [1.54, 1.807) is 0 Å². The van der Waals surface area contributed by atoms with Crippen molar-refractivity contribution < 1.29 is 24.2 Å². The first kappa shape index (κ1) is 13.1. The lowest BCUT2D eigenvalue weighted by molar-refractivity contribution is -0.131. The lowest BCUT2D eigenvalue weighted by Gasteiger charge is -2.33. The highest BCUT2D eigenvalue weighted by molar-refractivity contribution is 5.86. The Morgan fingerprint density at radius 1 is 1.44 bits per heavy atom. The van der Waals surface area contributed by atoms with Crippen molar-refractivity contribution in [2.75, 3.05) is 33.0 Å². The number of aliphatic hydroxyl groups excluding tert-OH is 1. The molecule has 102 valence electrons. The maximum absolute atomic E-state index is 11.9. The zero-order chi connectivity index (χ0) is 13.0. The minimum Gasteiger partial charge on any atom is -0.447 e. The third-order valence-electron chi connectivity index (χ3n) is 2.91. The monoisotopic (exact) mass is 258 g/mol. The SMILES string of the molecule is O=C(NC1CC1)C1COCCN1C(=O)OCCO.